The molecule has 1 aromatic carbocycles. The maximum absolute atomic E-state index is 12.2. The van der Waals surface area contributed by atoms with Gasteiger partial charge in [-0.15, -0.1) is 0 Å². The second kappa shape index (κ2) is 6.75. The molecule has 1 aliphatic carbocycles. The van der Waals surface area contributed by atoms with E-state index in [1.54, 1.807) is 18.9 Å². The third-order valence-corrected chi connectivity index (χ3v) is 3.94. The Balaban J connectivity index is 2.03. The number of hydrogen-bond donors (Lipinski definition) is 2. The molecule has 1 aromatic rings. The summed E-state index contributed by atoms with van der Waals surface area (Å²) >= 11 is 0. The van der Waals surface area contributed by atoms with Gasteiger partial charge in [0.05, 0.1) is 12.1 Å². The van der Waals surface area contributed by atoms with Crippen molar-refractivity contribution in [1.29, 1.82) is 0 Å². The number of amides is 2. The summed E-state index contributed by atoms with van der Waals surface area (Å²) in [6, 6.07) is 10.1. The van der Waals surface area contributed by atoms with Crippen LogP contribution in [0.15, 0.2) is 30.3 Å². The molecule has 2 atom stereocenters. The van der Waals surface area contributed by atoms with Gasteiger partial charge in [0.1, 0.15) is 0 Å². The van der Waals surface area contributed by atoms with E-state index in [-0.39, 0.29) is 12.1 Å². The highest BCUT2D eigenvalue weighted by atomic mass is 16.3. The molecule has 20 heavy (non-hydrogen) atoms. The van der Waals surface area contributed by atoms with Crippen LogP contribution in [0.2, 0.25) is 0 Å². The van der Waals surface area contributed by atoms with Crippen molar-refractivity contribution in [1.82, 2.24) is 10.2 Å². The van der Waals surface area contributed by atoms with E-state index in [4.69, 9.17) is 0 Å². The van der Waals surface area contributed by atoms with Gasteiger partial charge in [0.25, 0.3) is 0 Å². The maximum Gasteiger partial charge on any atom is 0.317 e. The first-order valence-electron chi connectivity index (χ1n) is 7.32. The molecule has 0 aliphatic heterocycles. The Hall–Kier alpha value is -1.55. The first-order valence-corrected chi connectivity index (χ1v) is 7.32. The van der Waals surface area contributed by atoms with Crippen LogP contribution in [-0.4, -0.2) is 35.7 Å². The van der Waals surface area contributed by atoms with Gasteiger partial charge in [0, 0.05) is 13.6 Å². The van der Waals surface area contributed by atoms with Crippen LogP contribution in [0.1, 0.15) is 37.8 Å². The molecular formula is C16H24N2O2. The fraction of sp³-hybridized carbons (Fsp3) is 0.562. The highest BCUT2D eigenvalue weighted by molar-refractivity contribution is 5.74. The molecule has 4 nitrogen and oxygen atoms in total. The van der Waals surface area contributed by atoms with Gasteiger partial charge >= 0.3 is 6.03 Å². The van der Waals surface area contributed by atoms with E-state index in [9.17, 15) is 9.90 Å². The van der Waals surface area contributed by atoms with Crippen LogP contribution in [0.3, 0.4) is 0 Å². The van der Waals surface area contributed by atoms with Crippen molar-refractivity contribution in [2.75, 3.05) is 13.6 Å². The number of urea groups is 1. The van der Waals surface area contributed by atoms with Crippen molar-refractivity contribution in [3.63, 3.8) is 0 Å². The highest BCUT2D eigenvalue weighted by Crippen LogP contribution is 2.37. The molecule has 0 bridgehead atoms. The summed E-state index contributed by atoms with van der Waals surface area (Å²) in [6.07, 6.45) is 3.07. The van der Waals surface area contributed by atoms with Crippen molar-refractivity contribution in [2.45, 2.75) is 38.3 Å². The molecule has 4 heteroatoms. The maximum atomic E-state index is 12.2. The summed E-state index contributed by atoms with van der Waals surface area (Å²) < 4.78 is 0. The zero-order valence-corrected chi connectivity index (χ0v) is 12.2. The summed E-state index contributed by atoms with van der Waals surface area (Å²) in [5.41, 5.74) is 1.16. The van der Waals surface area contributed by atoms with Gasteiger partial charge < -0.3 is 15.3 Å². The van der Waals surface area contributed by atoms with Crippen molar-refractivity contribution >= 4 is 6.03 Å². The predicted octanol–water partition coefficient (Wildman–Crippen LogP) is 2.55. The first kappa shape index (κ1) is 14.9. The van der Waals surface area contributed by atoms with E-state index in [0.29, 0.717) is 12.5 Å². The molecule has 2 unspecified atom stereocenters. The second-order valence-corrected chi connectivity index (χ2v) is 5.76. The molecule has 1 aliphatic rings. The average Bonchev–Trinajstić information content (AvgIpc) is 2.36. The minimum absolute atomic E-state index is 0.0777. The lowest BCUT2D eigenvalue weighted by Crippen LogP contribution is -2.44. The molecule has 1 saturated carbocycles. The number of rotatable bonds is 5. The number of carbonyl (C=O) groups excluding carboxylic acids is 1. The standard InChI is InChI=1S/C16H24N2O2/c1-12(19)11-18(2)16(20)17-15(14-9-6-10-14)13-7-4-3-5-8-13/h3-5,7-8,12,14-15,19H,6,9-11H2,1-2H3,(H,17,20). The van der Waals surface area contributed by atoms with Crippen molar-refractivity contribution < 1.29 is 9.90 Å². The molecule has 1 fully saturated rings. The van der Waals surface area contributed by atoms with Crippen LogP contribution in [-0.2, 0) is 0 Å². The molecule has 0 heterocycles. The molecule has 0 radical (unpaired) electrons. The zero-order chi connectivity index (χ0) is 14.5. The number of hydrogen-bond acceptors (Lipinski definition) is 2. The van der Waals surface area contributed by atoms with E-state index in [0.717, 1.165) is 5.56 Å². The van der Waals surface area contributed by atoms with Crippen LogP contribution in [0.4, 0.5) is 4.79 Å². The van der Waals surface area contributed by atoms with E-state index in [1.165, 1.54) is 19.3 Å². The SMILES string of the molecule is CC(O)CN(C)C(=O)NC(c1ccccc1)C1CCC1. The average molecular weight is 276 g/mol. The van der Waals surface area contributed by atoms with Crippen molar-refractivity contribution in [2.24, 2.45) is 5.92 Å². The normalized spacial score (nSPS) is 17.9. The minimum Gasteiger partial charge on any atom is -0.392 e. The van der Waals surface area contributed by atoms with E-state index >= 15 is 0 Å². The topological polar surface area (TPSA) is 52.6 Å². The van der Waals surface area contributed by atoms with Gasteiger partial charge in [-0.05, 0) is 31.2 Å². The van der Waals surface area contributed by atoms with Gasteiger partial charge in [0.15, 0.2) is 0 Å². The molecule has 0 saturated heterocycles. The van der Waals surface area contributed by atoms with Crippen molar-refractivity contribution in [3.8, 4) is 0 Å². The number of aliphatic hydroxyl groups excluding tert-OH is 1. The Morgan fingerprint density at radius 1 is 1.40 bits per heavy atom. The van der Waals surface area contributed by atoms with Gasteiger partial charge in [-0.3, -0.25) is 0 Å². The second-order valence-electron chi connectivity index (χ2n) is 5.76. The molecule has 2 N–H and O–H groups in total. The Morgan fingerprint density at radius 2 is 2.05 bits per heavy atom. The number of nitrogens with one attached hydrogen (secondary N) is 1. The molecule has 110 valence electrons. The van der Waals surface area contributed by atoms with Gasteiger partial charge in [-0.2, -0.15) is 0 Å². The Bertz CT molecular complexity index is 429. The van der Waals surface area contributed by atoms with Crippen LogP contribution in [0, 0.1) is 5.92 Å². The number of carbonyl (C=O) groups is 1. The highest BCUT2D eigenvalue weighted by Gasteiger charge is 2.30. The lowest BCUT2D eigenvalue weighted by atomic mass is 9.77. The Morgan fingerprint density at radius 3 is 2.55 bits per heavy atom. The molecular weight excluding hydrogens is 252 g/mol. The minimum atomic E-state index is -0.510. The molecule has 0 aromatic heterocycles. The van der Waals surface area contributed by atoms with Crippen molar-refractivity contribution in [3.05, 3.63) is 35.9 Å². The summed E-state index contributed by atoms with van der Waals surface area (Å²) in [4.78, 5) is 13.8. The molecule has 0 spiro atoms. The Kier molecular flexibility index (Phi) is 5.01. The summed E-state index contributed by atoms with van der Waals surface area (Å²) in [7, 11) is 1.71. The number of nitrogens with zero attached hydrogens (tertiary/aromatic N) is 1. The third kappa shape index (κ3) is 3.73. The number of benzene rings is 1. The quantitative estimate of drug-likeness (QED) is 0.868. The fourth-order valence-electron chi connectivity index (χ4n) is 2.63. The number of aliphatic hydroxyl groups is 1. The summed E-state index contributed by atoms with van der Waals surface area (Å²) in [5, 5.41) is 12.5. The largest absolute Gasteiger partial charge is 0.392 e. The van der Waals surface area contributed by atoms with E-state index in [1.807, 2.05) is 18.2 Å². The van der Waals surface area contributed by atoms with Crippen LogP contribution in [0.25, 0.3) is 0 Å². The lowest BCUT2D eigenvalue weighted by molar-refractivity contribution is 0.137. The van der Waals surface area contributed by atoms with Crippen LogP contribution >= 0.6 is 0 Å². The van der Waals surface area contributed by atoms with E-state index < -0.39 is 6.10 Å². The molecule has 2 amide bonds. The fourth-order valence-corrected chi connectivity index (χ4v) is 2.63. The van der Waals surface area contributed by atoms with Crippen LogP contribution in [0.5, 0.6) is 0 Å². The first-order chi connectivity index (χ1) is 9.58. The van der Waals surface area contributed by atoms with E-state index in [2.05, 4.69) is 17.4 Å². The zero-order valence-electron chi connectivity index (χ0n) is 12.2. The van der Waals surface area contributed by atoms with Gasteiger partial charge in [-0.1, -0.05) is 36.8 Å². The van der Waals surface area contributed by atoms with Gasteiger partial charge in [0.2, 0.25) is 0 Å². The lowest BCUT2D eigenvalue weighted by Gasteiger charge is -2.35. The third-order valence-electron chi connectivity index (χ3n) is 3.94. The van der Waals surface area contributed by atoms with Gasteiger partial charge in [-0.25, -0.2) is 4.79 Å². The summed E-state index contributed by atoms with van der Waals surface area (Å²) in [6.45, 7) is 2.03. The smallest absolute Gasteiger partial charge is 0.317 e. The predicted molar refractivity (Wildman–Crippen MR) is 79.4 cm³/mol. The number of likely N-dealkylation sites (N-methyl/N-ethyl adjacent to an activating group) is 1. The van der Waals surface area contributed by atoms with Crippen LogP contribution < -0.4 is 5.32 Å². The molecule has 2 rings (SSSR count). The summed E-state index contributed by atoms with van der Waals surface area (Å²) in [5.74, 6) is 0.529. The monoisotopic (exact) mass is 276 g/mol. The Labute approximate surface area is 120 Å².